The maximum Gasteiger partial charge on any atom is 0.278 e. The first-order valence-corrected chi connectivity index (χ1v) is 10.6. The number of carbonyl (C=O) groups excluding carboxylic acids is 2. The van der Waals surface area contributed by atoms with E-state index in [1.807, 2.05) is 49.1 Å². The predicted octanol–water partition coefficient (Wildman–Crippen LogP) is 1.59. The monoisotopic (exact) mass is 420 g/mol. The third kappa shape index (κ3) is 4.24. The molecular formula is C24H28N4O3. The van der Waals surface area contributed by atoms with Crippen LogP contribution in [0.2, 0.25) is 0 Å². The van der Waals surface area contributed by atoms with Gasteiger partial charge in [0.15, 0.2) is 0 Å². The van der Waals surface area contributed by atoms with Crippen LogP contribution < -0.4 is 0 Å². The van der Waals surface area contributed by atoms with Crippen molar-refractivity contribution in [2.24, 2.45) is 0 Å². The van der Waals surface area contributed by atoms with Gasteiger partial charge in [0.1, 0.15) is 5.70 Å². The summed E-state index contributed by atoms with van der Waals surface area (Å²) in [5, 5.41) is 9.22. The second kappa shape index (κ2) is 8.99. The molecule has 0 spiro atoms. The Morgan fingerprint density at radius 2 is 1.68 bits per heavy atom. The zero-order valence-corrected chi connectivity index (χ0v) is 18.0. The van der Waals surface area contributed by atoms with E-state index >= 15 is 0 Å². The van der Waals surface area contributed by atoms with Gasteiger partial charge in [-0.15, -0.1) is 0 Å². The largest absolute Gasteiger partial charge is 0.395 e. The maximum atomic E-state index is 13.5. The highest BCUT2D eigenvalue weighted by Crippen LogP contribution is 2.34. The number of aliphatic hydroxyl groups excluding tert-OH is 1. The number of piperazine rings is 1. The highest BCUT2D eigenvalue weighted by atomic mass is 16.3. The van der Waals surface area contributed by atoms with E-state index in [4.69, 9.17) is 0 Å². The molecule has 31 heavy (non-hydrogen) atoms. The number of aryl methyl sites for hydroxylation is 2. The van der Waals surface area contributed by atoms with Crippen LogP contribution in [0, 0.1) is 13.8 Å². The highest BCUT2D eigenvalue weighted by molar-refractivity contribution is 6.35. The van der Waals surface area contributed by atoms with Crippen molar-refractivity contribution in [2.45, 2.75) is 20.4 Å². The van der Waals surface area contributed by atoms with Gasteiger partial charge in [-0.2, -0.15) is 0 Å². The van der Waals surface area contributed by atoms with Crippen LogP contribution in [0.15, 0.2) is 48.4 Å². The lowest BCUT2D eigenvalue weighted by Gasteiger charge is -2.36. The van der Waals surface area contributed by atoms with E-state index in [9.17, 15) is 14.7 Å². The van der Waals surface area contributed by atoms with Gasteiger partial charge >= 0.3 is 0 Å². The van der Waals surface area contributed by atoms with Crippen LogP contribution in [-0.2, 0) is 16.1 Å². The Morgan fingerprint density at radius 3 is 2.32 bits per heavy atom. The number of amides is 2. The van der Waals surface area contributed by atoms with Crippen LogP contribution >= 0.6 is 0 Å². The highest BCUT2D eigenvalue weighted by Gasteiger charge is 2.42. The molecule has 2 aromatic rings. The first kappa shape index (κ1) is 21.2. The Balaban J connectivity index is 1.71. The Labute approximate surface area is 182 Å². The molecule has 0 aliphatic carbocycles. The second-order valence-corrected chi connectivity index (χ2v) is 8.15. The Hall–Kier alpha value is -3.03. The summed E-state index contributed by atoms with van der Waals surface area (Å²) >= 11 is 0. The molecule has 0 unspecified atom stereocenters. The Kier molecular flexibility index (Phi) is 6.15. The SMILES string of the molecule is Cc1ccc(C2=C(N3CCN(CCO)CC3)C(=O)N(Cc3ccncc3)C2=O)c(C)c1. The molecule has 2 amide bonds. The molecule has 0 saturated carbocycles. The van der Waals surface area contributed by atoms with Crippen molar-refractivity contribution in [3.8, 4) is 0 Å². The molecule has 3 heterocycles. The van der Waals surface area contributed by atoms with Crippen molar-refractivity contribution in [1.29, 1.82) is 0 Å². The molecule has 1 N–H and O–H groups in total. The second-order valence-electron chi connectivity index (χ2n) is 8.15. The number of aromatic nitrogens is 1. The molecule has 2 aliphatic rings. The topological polar surface area (TPSA) is 77.0 Å². The van der Waals surface area contributed by atoms with Crippen molar-refractivity contribution >= 4 is 17.4 Å². The van der Waals surface area contributed by atoms with E-state index in [0.717, 1.165) is 35.3 Å². The van der Waals surface area contributed by atoms with Gasteiger partial charge in [-0.25, -0.2) is 0 Å². The zero-order chi connectivity index (χ0) is 22.0. The first-order valence-electron chi connectivity index (χ1n) is 10.6. The van der Waals surface area contributed by atoms with E-state index in [-0.39, 0.29) is 25.0 Å². The minimum atomic E-state index is -0.249. The summed E-state index contributed by atoms with van der Waals surface area (Å²) in [4.78, 5) is 36.6. The molecule has 1 aromatic carbocycles. The third-order valence-corrected chi connectivity index (χ3v) is 5.99. The van der Waals surface area contributed by atoms with Gasteiger partial charge in [-0.05, 0) is 42.7 Å². The summed E-state index contributed by atoms with van der Waals surface area (Å²) in [6, 6.07) is 9.62. The minimum absolute atomic E-state index is 0.119. The van der Waals surface area contributed by atoms with Crippen molar-refractivity contribution in [3.63, 3.8) is 0 Å². The third-order valence-electron chi connectivity index (χ3n) is 5.99. The van der Waals surface area contributed by atoms with Gasteiger partial charge < -0.3 is 10.0 Å². The molecule has 0 bridgehead atoms. The van der Waals surface area contributed by atoms with Crippen molar-refractivity contribution in [3.05, 3.63) is 70.7 Å². The van der Waals surface area contributed by atoms with Gasteiger partial charge in [-0.1, -0.05) is 23.8 Å². The number of β-amino-alcohol motifs (C(OH)–C–C–N with tert-alkyl or cyclic N) is 1. The van der Waals surface area contributed by atoms with E-state index < -0.39 is 0 Å². The first-order chi connectivity index (χ1) is 15.0. The summed E-state index contributed by atoms with van der Waals surface area (Å²) < 4.78 is 0. The summed E-state index contributed by atoms with van der Waals surface area (Å²) in [7, 11) is 0. The Morgan fingerprint density at radius 1 is 0.968 bits per heavy atom. The molecule has 1 fully saturated rings. The number of benzene rings is 1. The number of nitrogens with zero attached hydrogens (tertiary/aromatic N) is 4. The number of hydrogen-bond donors (Lipinski definition) is 1. The van der Waals surface area contributed by atoms with Crippen molar-refractivity contribution in [2.75, 3.05) is 39.3 Å². The average molecular weight is 421 g/mol. The van der Waals surface area contributed by atoms with Crippen LogP contribution in [0.4, 0.5) is 0 Å². The fourth-order valence-electron chi connectivity index (χ4n) is 4.34. The number of rotatable bonds is 6. The molecule has 0 radical (unpaired) electrons. The molecule has 1 aromatic heterocycles. The van der Waals surface area contributed by atoms with E-state index in [2.05, 4.69) is 9.88 Å². The maximum absolute atomic E-state index is 13.5. The number of hydrogen-bond acceptors (Lipinski definition) is 6. The number of carbonyl (C=O) groups is 2. The molecule has 1 saturated heterocycles. The number of imide groups is 1. The quantitative estimate of drug-likeness (QED) is 0.716. The van der Waals surface area contributed by atoms with Gasteiger partial charge in [0.05, 0.1) is 18.7 Å². The summed E-state index contributed by atoms with van der Waals surface area (Å²) in [6.45, 7) is 7.75. The van der Waals surface area contributed by atoms with Crippen LogP contribution in [0.3, 0.4) is 0 Å². The number of aliphatic hydroxyl groups is 1. The van der Waals surface area contributed by atoms with Gasteiger partial charge in [0.25, 0.3) is 11.8 Å². The molecule has 4 rings (SSSR count). The summed E-state index contributed by atoms with van der Waals surface area (Å²) in [6.07, 6.45) is 3.33. The van der Waals surface area contributed by atoms with Crippen LogP contribution in [0.25, 0.3) is 5.57 Å². The van der Waals surface area contributed by atoms with Crippen molar-refractivity contribution in [1.82, 2.24) is 19.7 Å². The van der Waals surface area contributed by atoms with Crippen LogP contribution in [-0.4, -0.2) is 75.9 Å². The van der Waals surface area contributed by atoms with Gasteiger partial charge in [0.2, 0.25) is 0 Å². The van der Waals surface area contributed by atoms with E-state index in [0.29, 0.717) is 30.9 Å². The Bertz CT molecular complexity index is 1010. The van der Waals surface area contributed by atoms with Crippen LogP contribution in [0.1, 0.15) is 22.3 Å². The minimum Gasteiger partial charge on any atom is -0.395 e. The van der Waals surface area contributed by atoms with Crippen molar-refractivity contribution < 1.29 is 14.7 Å². The molecule has 2 aliphatic heterocycles. The fraction of sp³-hybridized carbons (Fsp3) is 0.375. The standard InChI is InChI=1S/C24H28N4O3/c1-17-3-4-20(18(2)15-17)21-22(27-11-9-26(10-12-27)13-14-29)24(31)28(23(21)30)16-19-5-7-25-8-6-19/h3-8,15,29H,9-14,16H2,1-2H3. The van der Waals surface area contributed by atoms with Crippen LogP contribution in [0.5, 0.6) is 0 Å². The van der Waals surface area contributed by atoms with E-state index in [1.165, 1.54) is 4.90 Å². The fourth-order valence-corrected chi connectivity index (χ4v) is 4.34. The van der Waals surface area contributed by atoms with Gasteiger partial charge in [0, 0.05) is 45.1 Å². The summed E-state index contributed by atoms with van der Waals surface area (Å²) in [5.74, 6) is -0.492. The molecule has 0 atom stereocenters. The normalized spacial score (nSPS) is 17.8. The summed E-state index contributed by atoms with van der Waals surface area (Å²) in [5.41, 5.74) is 4.77. The average Bonchev–Trinajstić information content (AvgIpc) is 3.00. The number of pyridine rings is 1. The molecule has 7 nitrogen and oxygen atoms in total. The predicted molar refractivity (Wildman–Crippen MR) is 118 cm³/mol. The zero-order valence-electron chi connectivity index (χ0n) is 18.0. The van der Waals surface area contributed by atoms with E-state index in [1.54, 1.807) is 12.4 Å². The van der Waals surface area contributed by atoms with Gasteiger partial charge in [-0.3, -0.25) is 24.4 Å². The smallest absolute Gasteiger partial charge is 0.278 e. The lowest BCUT2D eigenvalue weighted by atomic mass is 9.97. The molecular weight excluding hydrogens is 392 g/mol. The molecule has 162 valence electrons. The lowest BCUT2D eigenvalue weighted by Crippen LogP contribution is -2.48. The molecule has 7 heteroatoms. The lowest BCUT2D eigenvalue weighted by molar-refractivity contribution is -0.138.